The summed E-state index contributed by atoms with van der Waals surface area (Å²) < 4.78 is 0. The highest BCUT2D eigenvalue weighted by atomic mass is 16.3. The summed E-state index contributed by atoms with van der Waals surface area (Å²) in [4.78, 5) is 22.2. The molecule has 1 amide bonds. The molecule has 0 radical (unpaired) electrons. The third kappa shape index (κ3) is 3.41. The first-order valence-corrected chi connectivity index (χ1v) is 6.70. The summed E-state index contributed by atoms with van der Waals surface area (Å²) in [6, 6.07) is 0. The van der Waals surface area contributed by atoms with E-state index in [2.05, 4.69) is 22.2 Å². The number of anilines is 1. The highest BCUT2D eigenvalue weighted by Gasteiger charge is 2.27. The van der Waals surface area contributed by atoms with Crippen molar-refractivity contribution in [3.8, 4) is 0 Å². The number of hydrogen-bond donors (Lipinski definition) is 2. The molecule has 0 bridgehead atoms. The molecule has 1 aromatic rings. The van der Waals surface area contributed by atoms with E-state index >= 15 is 0 Å². The predicted octanol–water partition coefficient (Wildman–Crippen LogP) is 0.753. The molecular formula is C13H20N4O2. The molecule has 0 spiro atoms. The number of nitrogens with one attached hydrogen (secondary N) is 1. The molecule has 1 saturated heterocycles. The average Bonchev–Trinajstić information content (AvgIpc) is 2.94. The van der Waals surface area contributed by atoms with Crippen LogP contribution in [0.4, 0.5) is 5.82 Å². The summed E-state index contributed by atoms with van der Waals surface area (Å²) in [7, 11) is 0. The molecule has 0 aliphatic carbocycles. The van der Waals surface area contributed by atoms with Crippen molar-refractivity contribution < 1.29 is 9.90 Å². The van der Waals surface area contributed by atoms with Crippen molar-refractivity contribution in [3.63, 3.8) is 0 Å². The molecule has 1 fully saturated rings. The summed E-state index contributed by atoms with van der Waals surface area (Å²) >= 11 is 0. The Morgan fingerprint density at radius 2 is 2.37 bits per heavy atom. The molecule has 6 heteroatoms. The summed E-state index contributed by atoms with van der Waals surface area (Å²) in [6.07, 6.45) is 4.96. The highest BCUT2D eigenvalue weighted by Crippen LogP contribution is 2.17. The third-order valence-corrected chi connectivity index (χ3v) is 3.26. The Morgan fingerprint density at radius 3 is 2.95 bits per heavy atom. The van der Waals surface area contributed by atoms with Gasteiger partial charge in [-0.1, -0.05) is 6.92 Å². The van der Waals surface area contributed by atoms with Gasteiger partial charge in [-0.2, -0.15) is 0 Å². The number of carbonyl (C=O) groups excluding carboxylic acids is 1. The van der Waals surface area contributed by atoms with Gasteiger partial charge in [-0.25, -0.2) is 9.97 Å². The minimum absolute atomic E-state index is 0.106. The van der Waals surface area contributed by atoms with Crippen LogP contribution < -0.4 is 5.32 Å². The van der Waals surface area contributed by atoms with Gasteiger partial charge in [-0.15, -0.1) is 0 Å². The van der Waals surface area contributed by atoms with Crippen molar-refractivity contribution in [1.82, 2.24) is 14.9 Å². The van der Waals surface area contributed by atoms with Gasteiger partial charge in [0, 0.05) is 32.2 Å². The minimum atomic E-state index is -0.106. The molecule has 19 heavy (non-hydrogen) atoms. The molecular weight excluding hydrogens is 244 g/mol. The number of amides is 1. The van der Waals surface area contributed by atoms with Crippen molar-refractivity contribution in [2.75, 3.05) is 31.6 Å². The first-order valence-electron chi connectivity index (χ1n) is 6.70. The van der Waals surface area contributed by atoms with Crippen LogP contribution in [0.15, 0.2) is 12.4 Å². The van der Waals surface area contributed by atoms with Crippen LogP contribution in [-0.4, -0.2) is 52.1 Å². The maximum absolute atomic E-state index is 12.2. The Hall–Kier alpha value is -1.69. The van der Waals surface area contributed by atoms with E-state index in [0.29, 0.717) is 24.6 Å². The quantitative estimate of drug-likeness (QED) is 0.820. The van der Waals surface area contributed by atoms with Crippen molar-refractivity contribution in [1.29, 1.82) is 0 Å². The van der Waals surface area contributed by atoms with E-state index in [-0.39, 0.29) is 18.4 Å². The second kappa shape index (κ2) is 6.47. The van der Waals surface area contributed by atoms with E-state index in [1.807, 2.05) is 0 Å². The normalized spacial score (nSPS) is 18.6. The van der Waals surface area contributed by atoms with Gasteiger partial charge in [0.25, 0.3) is 5.91 Å². The zero-order valence-electron chi connectivity index (χ0n) is 11.2. The number of aromatic nitrogens is 2. The maximum atomic E-state index is 12.2. The molecule has 1 aliphatic rings. The van der Waals surface area contributed by atoms with Crippen LogP contribution in [0.1, 0.15) is 30.3 Å². The topological polar surface area (TPSA) is 78.4 Å². The van der Waals surface area contributed by atoms with Crippen LogP contribution in [-0.2, 0) is 0 Å². The number of nitrogens with zero attached hydrogens (tertiary/aromatic N) is 3. The lowest BCUT2D eigenvalue weighted by atomic mass is 10.1. The molecule has 6 nitrogen and oxygen atoms in total. The molecule has 0 saturated carbocycles. The number of likely N-dealkylation sites (tertiary alicyclic amines) is 1. The van der Waals surface area contributed by atoms with Gasteiger partial charge < -0.3 is 15.3 Å². The van der Waals surface area contributed by atoms with Crippen molar-refractivity contribution in [3.05, 3.63) is 18.1 Å². The van der Waals surface area contributed by atoms with Gasteiger partial charge in [0.05, 0.1) is 12.4 Å². The number of aliphatic hydroxyl groups is 1. The lowest BCUT2D eigenvalue weighted by molar-refractivity contribution is 0.0775. The van der Waals surface area contributed by atoms with Crippen molar-refractivity contribution >= 4 is 11.7 Å². The van der Waals surface area contributed by atoms with E-state index in [0.717, 1.165) is 19.4 Å². The van der Waals surface area contributed by atoms with Crippen LogP contribution in [0.25, 0.3) is 0 Å². The van der Waals surface area contributed by atoms with Gasteiger partial charge in [0.15, 0.2) is 0 Å². The van der Waals surface area contributed by atoms with E-state index in [1.165, 1.54) is 6.20 Å². The Labute approximate surface area is 112 Å². The lowest BCUT2D eigenvalue weighted by Crippen LogP contribution is -2.30. The summed E-state index contributed by atoms with van der Waals surface area (Å²) in [6.45, 7) is 4.33. The lowest BCUT2D eigenvalue weighted by Gasteiger charge is -2.15. The van der Waals surface area contributed by atoms with Crippen LogP contribution >= 0.6 is 0 Å². The Morgan fingerprint density at radius 1 is 1.53 bits per heavy atom. The average molecular weight is 264 g/mol. The van der Waals surface area contributed by atoms with Crippen LogP contribution in [0.2, 0.25) is 0 Å². The number of carbonyl (C=O) groups is 1. The molecule has 2 heterocycles. The van der Waals surface area contributed by atoms with Gasteiger partial charge >= 0.3 is 0 Å². The molecule has 2 rings (SSSR count). The molecule has 1 aromatic heterocycles. The zero-order valence-corrected chi connectivity index (χ0v) is 11.2. The Kier molecular flexibility index (Phi) is 4.68. The van der Waals surface area contributed by atoms with E-state index in [9.17, 15) is 4.79 Å². The molecule has 0 aromatic carbocycles. The van der Waals surface area contributed by atoms with Gasteiger partial charge in [0.2, 0.25) is 0 Å². The predicted molar refractivity (Wildman–Crippen MR) is 71.9 cm³/mol. The maximum Gasteiger partial charge on any atom is 0.274 e. The first-order chi connectivity index (χ1) is 9.24. The van der Waals surface area contributed by atoms with E-state index in [4.69, 9.17) is 5.11 Å². The van der Waals surface area contributed by atoms with Crippen LogP contribution in [0, 0.1) is 5.92 Å². The summed E-state index contributed by atoms with van der Waals surface area (Å²) in [5.41, 5.74) is 0.362. The van der Waals surface area contributed by atoms with Gasteiger partial charge in [-0.05, 0) is 12.8 Å². The largest absolute Gasteiger partial charge is 0.396 e. The summed E-state index contributed by atoms with van der Waals surface area (Å²) in [5, 5.41) is 12.2. The second-order valence-corrected chi connectivity index (χ2v) is 4.80. The van der Waals surface area contributed by atoms with Crippen LogP contribution in [0.5, 0.6) is 0 Å². The Balaban J connectivity index is 1.96. The fourth-order valence-corrected chi connectivity index (χ4v) is 2.11. The van der Waals surface area contributed by atoms with Crippen LogP contribution in [0.3, 0.4) is 0 Å². The fraction of sp³-hybridized carbons (Fsp3) is 0.615. The highest BCUT2D eigenvalue weighted by molar-refractivity contribution is 5.92. The number of hydrogen-bond acceptors (Lipinski definition) is 5. The fourth-order valence-electron chi connectivity index (χ4n) is 2.11. The smallest absolute Gasteiger partial charge is 0.274 e. The molecule has 2 N–H and O–H groups in total. The molecule has 1 atom stereocenters. The number of rotatable bonds is 5. The van der Waals surface area contributed by atoms with E-state index < -0.39 is 0 Å². The summed E-state index contributed by atoms with van der Waals surface area (Å²) in [5.74, 6) is 0.779. The molecule has 1 unspecified atom stereocenters. The SMILES string of the molecule is CCCNc1cnc(C(=O)N2CCC(CO)C2)cn1. The van der Waals surface area contributed by atoms with Crippen molar-refractivity contribution in [2.45, 2.75) is 19.8 Å². The monoisotopic (exact) mass is 264 g/mol. The van der Waals surface area contributed by atoms with E-state index in [1.54, 1.807) is 11.1 Å². The molecule has 104 valence electrons. The van der Waals surface area contributed by atoms with Crippen molar-refractivity contribution in [2.24, 2.45) is 5.92 Å². The second-order valence-electron chi connectivity index (χ2n) is 4.80. The zero-order chi connectivity index (χ0) is 13.7. The first kappa shape index (κ1) is 13.7. The number of aliphatic hydroxyl groups excluding tert-OH is 1. The minimum Gasteiger partial charge on any atom is -0.396 e. The van der Waals surface area contributed by atoms with Gasteiger partial charge in [0.1, 0.15) is 11.5 Å². The Bertz CT molecular complexity index is 421. The standard InChI is InChI=1S/C13H20N4O2/c1-2-4-14-12-7-15-11(6-16-12)13(19)17-5-3-10(8-17)9-18/h6-7,10,18H,2-5,8-9H2,1H3,(H,14,16). The van der Waals surface area contributed by atoms with Gasteiger partial charge in [-0.3, -0.25) is 4.79 Å². The third-order valence-electron chi connectivity index (χ3n) is 3.26. The molecule has 1 aliphatic heterocycles.